The van der Waals surface area contributed by atoms with Gasteiger partial charge in [-0.3, -0.25) is 0 Å². The minimum absolute atomic E-state index is 0.189. The number of carbonyl (C=O) groups excluding carboxylic acids is 2. The maximum atomic E-state index is 16.0. The number of thioether (sulfide) groups is 1. The van der Waals surface area contributed by atoms with E-state index in [1.54, 1.807) is 66.9 Å². The summed E-state index contributed by atoms with van der Waals surface area (Å²) in [4.78, 5) is 33.5. The highest BCUT2D eigenvalue weighted by Gasteiger charge is 2.50. The molecule has 4 aromatic rings. The highest BCUT2D eigenvalue weighted by Crippen LogP contribution is 2.38. The summed E-state index contributed by atoms with van der Waals surface area (Å²) in [6.07, 6.45) is -2.66. The Bertz CT molecular complexity index is 1420. The molecular weight excluding hydrogens is 501 g/mol. The molecule has 1 aliphatic rings. The van der Waals surface area contributed by atoms with Crippen LogP contribution in [0, 0.1) is 0 Å². The molecule has 0 aliphatic carbocycles. The second-order valence-corrected chi connectivity index (χ2v) is 8.92. The van der Waals surface area contributed by atoms with Gasteiger partial charge >= 0.3 is 11.9 Å². The molecule has 5 rings (SSSR count). The second kappa shape index (κ2) is 10.5. The molecule has 190 valence electrons. The van der Waals surface area contributed by atoms with Gasteiger partial charge in [0.2, 0.25) is 0 Å². The number of alkyl halides is 1. The number of anilines is 1. The molecule has 10 nitrogen and oxygen atoms in total. The predicted octanol–water partition coefficient (Wildman–Crippen LogP) is 3.45. The molecule has 0 unspecified atom stereocenters. The molecule has 4 atom stereocenters. The standard InChI is InChI=1S/C25H22FN5O5S/c1-37-22-17-20(27)28-13-29-21(17)31(30-22)23-18(26)19(36-25(33)15-10-6-3-7-11-15)16(35-23)12-34-24(32)14-8-4-2-5-9-14/h2-11,13,16,18-19,23H,12H2,1H3,(H2,27,28,29)/t16-,18-,19+,23-/m0/s1. The van der Waals surface area contributed by atoms with Gasteiger partial charge in [-0.1, -0.05) is 36.4 Å². The highest BCUT2D eigenvalue weighted by molar-refractivity contribution is 7.98. The van der Waals surface area contributed by atoms with Gasteiger partial charge in [-0.25, -0.2) is 28.6 Å². The fourth-order valence-electron chi connectivity index (χ4n) is 4.03. The van der Waals surface area contributed by atoms with E-state index in [1.165, 1.54) is 22.8 Å². The third-order valence-corrected chi connectivity index (χ3v) is 6.50. The van der Waals surface area contributed by atoms with Gasteiger partial charge in [0.25, 0.3) is 0 Å². The normalized spacial score (nSPS) is 21.1. The first-order chi connectivity index (χ1) is 18.0. The maximum absolute atomic E-state index is 16.0. The van der Waals surface area contributed by atoms with Gasteiger partial charge in [-0.05, 0) is 30.5 Å². The summed E-state index contributed by atoms with van der Waals surface area (Å²) in [6.45, 7) is -0.358. The van der Waals surface area contributed by atoms with Crippen molar-refractivity contribution in [2.45, 2.75) is 29.6 Å². The molecule has 2 N–H and O–H groups in total. The Balaban J connectivity index is 1.44. The van der Waals surface area contributed by atoms with Crippen LogP contribution in [0.5, 0.6) is 0 Å². The SMILES string of the molecule is CSc1nn([C@H]2O[C@@H](COC(=O)c3ccccc3)[C@@H](OC(=O)c3ccccc3)[C@@H]2F)c2ncnc(N)c12. The first-order valence-electron chi connectivity index (χ1n) is 11.3. The van der Waals surface area contributed by atoms with Crippen molar-refractivity contribution in [2.24, 2.45) is 0 Å². The number of rotatable bonds is 7. The Morgan fingerprint density at radius 1 is 1.05 bits per heavy atom. The molecule has 37 heavy (non-hydrogen) atoms. The lowest BCUT2D eigenvalue weighted by Gasteiger charge is -2.19. The summed E-state index contributed by atoms with van der Waals surface area (Å²) in [6, 6.07) is 16.5. The van der Waals surface area contributed by atoms with Gasteiger partial charge in [0.1, 0.15) is 29.9 Å². The predicted molar refractivity (Wildman–Crippen MR) is 133 cm³/mol. The Labute approximate surface area is 214 Å². The highest BCUT2D eigenvalue weighted by atomic mass is 32.2. The first kappa shape index (κ1) is 24.7. The lowest BCUT2D eigenvalue weighted by Crippen LogP contribution is -2.37. The van der Waals surface area contributed by atoms with Crippen molar-refractivity contribution in [3.05, 3.63) is 78.1 Å². The molecule has 3 heterocycles. The molecule has 0 saturated carbocycles. The Kier molecular flexibility index (Phi) is 7.01. The van der Waals surface area contributed by atoms with Crippen molar-refractivity contribution in [3.63, 3.8) is 0 Å². The number of hydrogen-bond donors (Lipinski definition) is 1. The van der Waals surface area contributed by atoms with E-state index in [1.807, 2.05) is 0 Å². The van der Waals surface area contributed by atoms with Crippen molar-refractivity contribution < 1.29 is 28.2 Å². The van der Waals surface area contributed by atoms with Crippen LogP contribution in [0.1, 0.15) is 26.9 Å². The number of ether oxygens (including phenoxy) is 3. The van der Waals surface area contributed by atoms with Gasteiger partial charge in [0.15, 0.2) is 24.2 Å². The number of benzene rings is 2. The van der Waals surface area contributed by atoms with Crippen LogP contribution < -0.4 is 5.73 Å². The zero-order chi connectivity index (χ0) is 25.9. The van der Waals surface area contributed by atoms with Gasteiger partial charge in [-0.15, -0.1) is 11.8 Å². The summed E-state index contributed by atoms with van der Waals surface area (Å²) in [7, 11) is 0. The minimum Gasteiger partial charge on any atom is -0.459 e. The molecule has 0 amide bonds. The van der Waals surface area contributed by atoms with Gasteiger partial charge < -0.3 is 19.9 Å². The van der Waals surface area contributed by atoms with Crippen LogP contribution in [0.4, 0.5) is 10.2 Å². The molecule has 0 spiro atoms. The van der Waals surface area contributed by atoms with Crippen LogP contribution >= 0.6 is 11.8 Å². The molecule has 12 heteroatoms. The van der Waals surface area contributed by atoms with E-state index in [-0.39, 0.29) is 23.6 Å². The Morgan fingerprint density at radius 2 is 1.70 bits per heavy atom. The van der Waals surface area contributed by atoms with E-state index in [0.717, 1.165) is 0 Å². The van der Waals surface area contributed by atoms with Crippen molar-refractivity contribution in [3.8, 4) is 0 Å². The van der Waals surface area contributed by atoms with Crippen LogP contribution in [0.2, 0.25) is 0 Å². The summed E-state index contributed by atoms with van der Waals surface area (Å²) in [5.74, 6) is -1.17. The van der Waals surface area contributed by atoms with E-state index in [2.05, 4.69) is 15.1 Å². The maximum Gasteiger partial charge on any atom is 0.338 e. The molecule has 1 aliphatic heterocycles. The number of carbonyl (C=O) groups is 2. The third-order valence-electron chi connectivity index (χ3n) is 5.83. The van der Waals surface area contributed by atoms with Crippen LogP contribution in [0.25, 0.3) is 11.0 Å². The fourth-order valence-corrected chi connectivity index (χ4v) is 4.60. The monoisotopic (exact) mass is 523 g/mol. The van der Waals surface area contributed by atoms with Crippen LogP contribution in [-0.4, -0.2) is 62.9 Å². The zero-order valence-electron chi connectivity index (χ0n) is 19.6. The molecule has 1 saturated heterocycles. The van der Waals surface area contributed by atoms with Gasteiger partial charge in [-0.2, -0.15) is 5.10 Å². The number of aromatic nitrogens is 4. The average molecular weight is 524 g/mol. The topological polar surface area (TPSA) is 131 Å². The molecule has 1 fully saturated rings. The summed E-state index contributed by atoms with van der Waals surface area (Å²) in [5, 5.41) is 5.38. The summed E-state index contributed by atoms with van der Waals surface area (Å²) in [5.41, 5.74) is 6.85. The number of nitrogen functional groups attached to an aromatic ring is 1. The number of nitrogens with zero attached hydrogens (tertiary/aromatic N) is 4. The third kappa shape index (κ3) is 4.85. The van der Waals surface area contributed by atoms with Crippen LogP contribution in [0.3, 0.4) is 0 Å². The fraction of sp³-hybridized carbons (Fsp3) is 0.240. The molecule has 0 radical (unpaired) electrons. The zero-order valence-corrected chi connectivity index (χ0v) is 20.4. The van der Waals surface area contributed by atoms with Crippen molar-refractivity contribution >= 4 is 40.6 Å². The number of hydrogen-bond acceptors (Lipinski definition) is 10. The van der Waals surface area contributed by atoms with Crippen molar-refractivity contribution in [2.75, 3.05) is 18.6 Å². The molecule has 2 aromatic carbocycles. The molecule has 2 aromatic heterocycles. The Morgan fingerprint density at radius 3 is 2.35 bits per heavy atom. The molecule has 0 bridgehead atoms. The first-order valence-corrected chi connectivity index (χ1v) is 12.5. The minimum atomic E-state index is -1.86. The van der Waals surface area contributed by atoms with Crippen molar-refractivity contribution in [1.82, 2.24) is 19.7 Å². The van der Waals surface area contributed by atoms with E-state index >= 15 is 4.39 Å². The summed E-state index contributed by atoms with van der Waals surface area (Å²) >= 11 is 1.29. The number of fused-ring (bicyclic) bond motifs is 1. The van der Waals surface area contributed by atoms with Gasteiger partial charge in [0.05, 0.1) is 16.5 Å². The van der Waals surface area contributed by atoms with E-state index in [4.69, 9.17) is 19.9 Å². The Hall–Kier alpha value is -4.03. The van der Waals surface area contributed by atoms with Crippen LogP contribution in [0.15, 0.2) is 72.0 Å². The van der Waals surface area contributed by atoms with E-state index in [9.17, 15) is 9.59 Å². The summed E-state index contributed by atoms with van der Waals surface area (Å²) < 4.78 is 34.1. The quantitative estimate of drug-likeness (QED) is 0.284. The van der Waals surface area contributed by atoms with Crippen molar-refractivity contribution in [1.29, 1.82) is 0 Å². The molecular formula is C25H22FN5O5S. The largest absolute Gasteiger partial charge is 0.459 e. The lowest BCUT2D eigenvalue weighted by atomic mass is 10.1. The average Bonchev–Trinajstić information content (AvgIpc) is 3.46. The number of esters is 2. The van der Waals surface area contributed by atoms with Crippen LogP contribution in [-0.2, 0) is 14.2 Å². The number of halogens is 1. The lowest BCUT2D eigenvalue weighted by molar-refractivity contribution is -0.0604. The van der Waals surface area contributed by atoms with E-state index in [0.29, 0.717) is 16.0 Å². The number of nitrogens with two attached hydrogens (primary N) is 1. The smallest absolute Gasteiger partial charge is 0.338 e. The van der Waals surface area contributed by atoms with E-state index < -0.39 is 36.5 Å². The second-order valence-electron chi connectivity index (χ2n) is 8.12. The van der Waals surface area contributed by atoms with Gasteiger partial charge in [0, 0.05) is 0 Å².